The maximum Gasteiger partial charge on any atom is 0.283 e. The van der Waals surface area contributed by atoms with Crippen molar-refractivity contribution in [2.45, 2.75) is 4.75 Å². The van der Waals surface area contributed by atoms with Crippen molar-refractivity contribution in [1.82, 2.24) is 0 Å². The number of hydrogen-bond donors (Lipinski definition) is 3. The first kappa shape index (κ1) is 22.0. The summed E-state index contributed by atoms with van der Waals surface area (Å²) in [4.78, 5) is 0. The molecule has 0 saturated heterocycles. The normalized spacial score (nSPS) is 13.8. The lowest BCUT2D eigenvalue weighted by molar-refractivity contribution is 0.393. The number of phenolic OH excluding ortho intramolecular Hbond substituents is 2. The van der Waals surface area contributed by atoms with E-state index in [0.717, 1.165) is 6.07 Å². The van der Waals surface area contributed by atoms with Crippen molar-refractivity contribution >= 4 is 56.5 Å². The molecule has 10 heteroatoms. The van der Waals surface area contributed by atoms with E-state index in [2.05, 4.69) is 0 Å². The molecule has 0 heterocycles. The number of benzene rings is 3. The van der Waals surface area contributed by atoms with Crippen LogP contribution in [0.5, 0.6) is 11.5 Å². The molecule has 1 unspecified atom stereocenters. The topological polar surface area (TPSA) is 94.8 Å². The lowest BCUT2D eigenvalue weighted by Gasteiger charge is -2.33. The molecule has 0 bridgehead atoms. The number of para-hydroxylation sites is 1. The summed E-state index contributed by atoms with van der Waals surface area (Å²) < 4.78 is 33.9. The maximum atomic E-state index is 12.9. The van der Waals surface area contributed by atoms with Gasteiger partial charge in [0.25, 0.3) is 10.1 Å². The number of rotatable bonds is 4. The third kappa shape index (κ3) is 3.65. The van der Waals surface area contributed by atoms with Crippen LogP contribution in [0.2, 0.25) is 20.1 Å². The van der Waals surface area contributed by atoms with E-state index in [4.69, 9.17) is 46.4 Å². The summed E-state index contributed by atoms with van der Waals surface area (Å²) in [6, 6.07) is 11.8. The van der Waals surface area contributed by atoms with Crippen LogP contribution >= 0.6 is 46.4 Å². The van der Waals surface area contributed by atoms with Gasteiger partial charge in [0.1, 0.15) is 0 Å². The number of phenols is 2. The molecule has 0 aliphatic carbocycles. The highest BCUT2D eigenvalue weighted by Gasteiger charge is 2.51. The van der Waals surface area contributed by atoms with Gasteiger partial charge < -0.3 is 10.2 Å². The Morgan fingerprint density at radius 1 is 0.793 bits per heavy atom. The second-order valence-corrected chi connectivity index (χ2v) is 9.29. The fraction of sp³-hybridized carbons (Fsp3) is 0.0526. The summed E-state index contributed by atoms with van der Waals surface area (Å²) in [5.74, 6) is -1.35. The minimum absolute atomic E-state index is 0.0208. The molecule has 3 aromatic rings. The lowest BCUT2D eigenvalue weighted by Crippen LogP contribution is -2.38. The summed E-state index contributed by atoms with van der Waals surface area (Å²) in [6.07, 6.45) is 0. The summed E-state index contributed by atoms with van der Waals surface area (Å²) in [6.45, 7) is 0. The van der Waals surface area contributed by atoms with Gasteiger partial charge in [0, 0.05) is 10.6 Å². The third-order valence-corrected chi connectivity index (χ3v) is 7.30. The highest BCUT2D eigenvalue weighted by molar-refractivity contribution is 7.87. The average molecular weight is 494 g/mol. The molecule has 29 heavy (non-hydrogen) atoms. The quantitative estimate of drug-likeness (QED) is 0.182. The Hall–Kier alpha value is -1.67. The fourth-order valence-corrected chi connectivity index (χ4v) is 5.27. The van der Waals surface area contributed by atoms with Crippen molar-refractivity contribution in [2.24, 2.45) is 0 Å². The zero-order valence-corrected chi connectivity index (χ0v) is 18.1. The van der Waals surface area contributed by atoms with E-state index < -0.39 is 26.4 Å². The molecule has 3 N–H and O–H groups in total. The molecule has 0 aliphatic rings. The van der Waals surface area contributed by atoms with E-state index in [0.29, 0.717) is 0 Å². The maximum absolute atomic E-state index is 12.9. The third-order valence-electron chi connectivity index (χ3n) is 4.40. The van der Waals surface area contributed by atoms with Crippen molar-refractivity contribution in [3.63, 3.8) is 0 Å². The molecule has 0 radical (unpaired) electrons. The Bertz CT molecular complexity index is 1190. The molecule has 0 aromatic heterocycles. The molecule has 1 atom stereocenters. The first-order valence-corrected chi connectivity index (χ1v) is 10.8. The zero-order chi connectivity index (χ0) is 21.6. The average Bonchev–Trinajstić information content (AvgIpc) is 2.62. The molecule has 0 spiro atoms. The van der Waals surface area contributed by atoms with Crippen LogP contribution in [0.3, 0.4) is 0 Å². The van der Waals surface area contributed by atoms with Gasteiger partial charge in [0.15, 0.2) is 16.2 Å². The predicted octanol–water partition coefficient (Wildman–Crippen LogP) is 5.89. The van der Waals surface area contributed by atoms with E-state index >= 15 is 0 Å². The van der Waals surface area contributed by atoms with Crippen molar-refractivity contribution in [3.05, 3.63) is 91.4 Å². The molecule has 152 valence electrons. The number of hydrogen-bond acceptors (Lipinski definition) is 4. The smallest absolute Gasteiger partial charge is 0.283 e. The summed E-state index contributed by atoms with van der Waals surface area (Å²) in [5, 5.41) is 20.5. The Labute approximate surface area is 186 Å². The van der Waals surface area contributed by atoms with Gasteiger partial charge in [-0.25, -0.2) is 0 Å². The van der Waals surface area contributed by atoms with Crippen molar-refractivity contribution in [1.29, 1.82) is 0 Å². The summed E-state index contributed by atoms with van der Waals surface area (Å²) in [5.41, 5.74) is -0.484. The van der Waals surface area contributed by atoms with Gasteiger partial charge in [0.2, 0.25) is 0 Å². The molecule has 0 amide bonds. The highest BCUT2D eigenvalue weighted by Crippen LogP contribution is 2.51. The van der Waals surface area contributed by atoms with Crippen molar-refractivity contribution in [3.8, 4) is 11.5 Å². The van der Waals surface area contributed by atoms with E-state index in [-0.39, 0.29) is 36.8 Å². The van der Waals surface area contributed by atoms with Gasteiger partial charge in [-0.1, -0.05) is 70.7 Å². The van der Waals surface area contributed by atoms with Gasteiger partial charge in [-0.3, -0.25) is 4.55 Å². The predicted molar refractivity (Wildman–Crippen MR) is 114 cm³/mol. The van der Waals surface area contributed by atoms with Crippen LogP contribution in [0.1, 0.15) is 16.7 Å². The van der Waals surface area contributed by atoms with Gasteiger partial charge in [0.05, 0.1) is 15.1 Å². The van der Waals surface area contributed by atoms with Crippen LogP contribution in [0.15, 0.2) is 54.6 Å². The van der Waals surface area contributed by atoms with Crippen LogP contribution in [-0.4, -0.2) is 23.2 Å². The Balaban J connectivity index is 2.61. The van der Waals surface area contributed by atoms with Crippen LogP contribution < -0.4 is 0 Å². The van der Waals surface area contributed by atoms with E-state index in [1.54, 1.807) is 0 Å². The second-order valence-electron chi connectivity index (χ2n) is 6.09. The molecule has 3 aromatic carbocycles. The first-order valence-electron chi connectivity index (χ1n) is 7.89. The van der Waals surface area contributed by atoms with E-state index in [1.165, 1.54) is 48.5 Å². The van der Waals surface area contributed by atoms with E-state index in [1.807, 2.05) is 0 Å². The largest absolute Gasteiger partial charge is 0.504 e. The summed E-state index contributed by atoms with van der Waals surface area (Å²) in [7, 11) is -5.08. The monoisotopic (exact) mass is 492 g/mol. The van der Waals surface area contributed by atoms with Crippen molar-refractivity contribution < 1.29 is 23.2 Å². The Morgan fingerprint density at radius 2 is 1.38 bits per heavy atom. The van der Waals surface area contributed by atoms with Gasteiger partial charge >= 0.3 is 0 Å². The van der Waals surface area contributed by atoms with Crippen LogP contribution in [0.4, 0.5) is 0 Å². The molecule has 3 rings (SSSR count). The van der Waals surface area contributed by atoms with Gasteiger partial charge in [-0.05, 0) is 41.5 Å². The Kier molecular flexibility index (Phi) is 5.98. The molecular formula is C19H12Cl4O5S. The second kappa shape index (κ2) is 7.87. The number of halogens is 4. The molecule has 0 fully saturated rings. The van der Waals surface area contributed by atoms with E-state index in [9.17, 15) is 23.2 Å². The van der Waals surface area contributed by atoms with Crippen LogP contribution in [0, 0.1) is 0 Å². The minimum atomic E-state index is -5.08. The molecule has 0 aliphatic heterocycles. The lowest BCUT2D eigenvalue weighted by atomic mass is 9.83. The van der Waals surface area contributed by atoms with Crippen LogP contribution in [0.25, 0.3) is 0 Å². The summed E-state index contributed by atoms with van der Waals surface area (Å²) >= 11 is 24.3. The van der Waals surface area contributed by atoms with Gasteiger partial charge in [-0.15, -0.1) is 0 Å². The van der Waals surface area contributed by atoms with Crippen LogP contribution in [-0.2, 0) is 14.9 Å². The standard InChI is InChI=1S/C19H12Cl4O5S/c20-12-4-1-3-10(7-12)19(29(26,27)28,13-5-2-6-16(24)18(13)25)11-8-14(21)17(23)15(22)9-11/h1-9,24-25H,(H,26,27,28). The minimum Gasteiger partial charge on any atom is -0.504 e. The zero-order valence-electron chi connectivity index (χ0n) is 14.3. The fourth-order valence-electron chi connectivity index (χ4n) is 3.20. The highest BCUT2D eigenvalue weighted by atomic mass is 35.5. The molecule has 0 saturated carbocycles. The van der Waals surface area contributed by atoms with Gasteiger partial charge in [-0.2, -0.15) is 8.42 Å². The SMILES string of the molecule is O=S(=O)(O)C(c1cccc(Cl)c1)(c1cc(Cl)c(Cl)c(Cl)c1)c1cccc(O)c1O. The Morgan fingerprint density at radius 3 is 1.93 bits per heavy atom. The first-order chi connectivity index (χ1) is 13.5. The molecule has 5 nitrogen and oxygen atoms in total. The van der Waals surface area contributed by atoms with Crippen molar-refractivity contribution in [2.75, 3.05) is 0 Å². The number of aromatic hydroxyl groups is 2. The molecular weight excluding hydrogens is 482 g/mol.